The van der Waals surface area contributed by atoms with Crippen LogP contribution in [-0.4, -0.2) is 24.8 Å². The molecular weight excluding hydrogens is 216 g/mol. The molecule has 1 fully saturated rings. The second-order valence-corrected chi connectivity index (χ2v) is 4.40. The molecule has 88 valence electrons. The van der Waals surface area contributed by atoms with Crippen molar-refractivity contribution in [3.63, 3.8) is 0 Å². The molecule has 2 aliphatic heterocycles. The van der Waals surface area contributed by atoms with Crippen LogP contribution in [0, 0.1) is 11.3 Å². The van der Waals surface area contributed by atoms with Crippen molar-refractivity contribution in [3.05, 3.63) is 23.8 Å². The Balaban J connectivity index is 1.86. The summed E-state index contributed by atoms with van der Waals surface area (Å²) in [5.41, 5.74) is 1.22. The summed E-state index contributed by atoms with van der Waals surface area (Å²) in [7, 11) is 0. The predicted octanol–water partition coefficient (Wildman–Crippen LogP) is 2.08. The van der Waals surface area contributed by atoms with Gasteiger partial charge in [-0.25, -0.2) is 0 Å². The summed E-state index contributed by atoms with van der Waals surface area (Å²) in [6.07, 6.45) is 2.27. The van der Waals surface area contributed by atoms with Gasteiger partial charge in [-0.1, -0.05) is 6.07 Å². The number of nitrogens with zero attached hydrogens (tertiary/aromatic N) is 2. The monoisotopic (exact) mass is 230 g/mol. The maximum atomic E-state index is 8.81. The molecule has 2 aliphatic rings. The van der Waals surface area contributed by atoms with Crippen LogP contribution >= 0.6 is 0 Å². The molecule has 1 saturated heterocycles. The average molecular weight is 230 g/mol. The molecule has 1 atom stereocenters. The van der Waals surface area contributed by atoms with Crippen molar-refractivity contribution < 1.29 is 9.47 Å². The normalized spacial score (nSPS) is 22.6. The smallest absolute Gasteiger partial charge is 0.231 e. The lowest BCUT2D eigenvalue weighted by atomic mass is 10.0. The van der Waals surface area contributed by atoms with E-state index < -0.39 is 0 Å². The molecule has 4 heteroatoms. The first-order chi connectivity index (χ1) is 8.38. The zero-order chi connectivity index (χ0) is 11.7. The van der Waals surface area contributed by atoms with E-state index in [2.05, 4.69) is 17.0 Å². The summed E-state index contributed by atoms with van der Waals surface area (Å²) in [5.74, 6) is 1.64. The van der Waals surface area contributed by atoms with Gasteiger partial charge in [-0.2, -0.15) is 5.26 Å². The maximum Gasteiger partial charge on any atom is 0.231 e. The predicted molar refractivity (Wildman–Crippen MR) is 61.7 cm³/mol. The van der Waals surface area contributed by atoms with Gasteiger partial charge in [0.05, 0.1) is 12.6 Å². The second-order valence-electron chi connectivity index (χ2n) is 4.40. The van der Waals surface area contributed by atoms with Gasteiger partial charge in [0.25, 0.3) is 0 Å². The lowest BCUT2D eigenvalue weighted by Gasteiger charge is -2.21. The lowest BCUT2D eigenvalue weighted by molar-refractivity contribution is 0.174. The second kappa shape index (κ2) is 4.27. The van der Waals surface area contributed by atoms with Crippen LogP contribution in [0.3, 0.4) is 0 Å². The van der Waals surface area contributed by atoms with E-state index in [-0.39, 0.29) is 0 Å². The van der Waals surface area contributed by atoms with E-state index in [1.807, 2.05) is 12.1 Å². The van der Waals surface area contributed by atoms with Gasteiger partial charge in [0, 0.05) is 6.04 Å². The Labute approximate surface area is 100 Å². The van der Waals surface area contributed by atoms with E-state index in [0.29, 0.717) is 19.4 Å². The molecule has 1 aromatic rings. The minimum Gasteiger partial charge on any atom is -0.454 e. The number of rotatable bonds is 2. The van der Waals surface area contributed by atoms with Crippen molar-refractivity contribution >= 4 is 0 Å². The first-order valence-corrected chi connectivity index (χ1v) is 5.89. The van der Waals surface area contributed by atoms with E-state index in [1.54, 1.807) is 0 Å². The molecule has 1 unspecified atom stereocenters. The van der Waals surface area contributed by atoms with Gasteiger partial charge in [-0.15, -0.1) is 0 Å². The third-order valence-corrected chi connectivity index (χ3v) is 3.42. The van der Waals surface area contributed by atoms with Crippen molar-refractivity contribution in [3.8, 4) is 17.6 Å². The molecule has 17 heavy (non-hydrogen) atoms. The SMILES string of the molecule is N#CCN1CCCC1c1ccc2c(c1)OCO2. The van der Waals surface area contributed by atoms with Crippen molar-refractivity contribution in [1.82, 2.24) is 4.90 Å². The summed E-state index contributed by atoms with van der Waals surface area (Å²) < 4.78 is 10.7. The molecule has 0 amide bonds. The Hall–Kier alpha value is -1.73. The molecule has 0 N–H and O–H groups in total. The largest absolute Gasteiger partial charge is 0.454 e. The van der Waals surface area contributed by atoms with Crippen LogP contribution in [0.2, 0.25) is 0 Å². The molecule has 0 spiro atoms. The molecule has 2 heterocycles. The van der Waals surface area contributed by atoms with E-state index >= 15 is 0 Å². The van der Waals surface area contributed by atoms with Gasteiger partial charge in [0.1, 0.15) is 0 Å². The third-order valence-electron chi connectivity index (χ3n) is 3.42. The molecular formula is C13H14N2O2. The van der Waals surface area contributed by atoms with E-state index in [0.717, 1.165) is 30.9 Å². The topological polar surface area (TPSA) is 45.5 Å². The molecule has 4 nitrogen and oxygen atoms in total. The molecule has 0 bridgehead atoms. The van der Waals surface area contributed by atoms with Crippen LogP contribution in [0.25, 0.3) is 0 Å². The van der Waals surface area contributed by atoms with Crippen molar-refractivity contribution in [2.45, 2.75) is 18.9 Å². The van der Waals surface area contributed by atoms with Crippen LogP contribution in [0.4, 0.5) is 0 Å². The Morgan fingerprint density at radius 3 is 3.12 bits per heavy atom. The van der Waals surface area contributed by atoms with Crippen LogP contribution in [0.5, 0.6) is 11.5 Å². The van der Waals surface area contributed by atoms with Gasteiger partial charge in [0.15, 0.2) is 11.5 Å². The summed E-state index contributed by atoms with van der Waals surface area (Å²) >= 11 is 0. The van der Waals surface area contributed by atoms with Crippen LogP contribution in [-0.2, 0) is 0 Å². The van der Waals surface area contributed by atoms with Crippen LogP contribution < -0.4 is 9.47 Å². The number of ether oxygens (including phenoxy) is 2. The summed E-state index contributed by atoms with van der Waals surface area (Å²) in [4.78, 5) is 2.22. The summed E-state index contributed by atoms with van der Waals surface area (Å²) in [6, 6.07) is 8.66. The van der Waals surface area contributed by atoms with Crippen LogP contribution in [0.1, 0.15) is 24.4 Å². The standard InChI is InChI=1S/C13H14N2O2/c14-5-7-15-6-1-2-11(15)10-3-4-12-13(8-10)17-9-16-12/h3-4,8,11H,1-2,6-7,9H2. The molecule has 0 aliphatic carbocycles. The number of hydrogen-bond acceptors (Lipinski definition) is 4. The van der Waals surface area contributed by atoms with Gasteiger partial charge < -0.3 is 9.47 Å². The molecule has 3 rings (SSSR count). The van der Waals surface area contributed by atoms with E-state index in [4.69, 9.17) is 14.7 Å². The zero-order valence-electron chi connectivity index (χ0n) is 9.56. The highest BCUT2D eigenvalue weighted by molar-refractivity contribution is 5.45. The first-order valence-electron chi connectivity index (χ1n) is 5.89. The van der Waals surface area contributed by atoms with Gasteiger partial charge in [-0.05, 0) is 37.1 Å². The lowest BCUT2D eigenvalue weighted by Crippen LogP contribution is -2.23. The molecule has 1 aromatic carbocycles. The number of hydrogen-bond donors (Lipinski definition) is 0. The van der Waals surface area contributed by atoms with Gasteiger partial charge in [-0.3, -0.25) is 4.90 Å². The van der Waals surface area contributed by atoms with E-state index in [9.17, 15) is 0 Å². The Morgan fingerprint density at radius 2 is 2.24 bits per heavy atom. The fraction of sp³-hybridized carbons (Fsp3) is 0.462. The first kappa shape index (κ1) is 10.4. The Bertz CT molecular complexity index is 467. The molecule has 0 saturated carbocycles. The van der Waals surface area contributed by atoms with Crippen LogP contribution in [0.15, 0.2) is 18.2 Å². The van der Waals surface area contributed by atoms with Gasteiger partial charge >= 0.3 is 0 Å². The fourth-order valence-corrected chi connectivity index (χ4v) is 2.60. The minimum atomic E-state index is 0.311. The van der Waals surface area contributed by atoms with Crippen molar-refractivity contribution in [2.75, 3.05) is 19.9 Å². The van der Waals surface area contributed by atoms with Gasteiger partial charge in [0.2, 0.25) is 6.79 Å². The Morgan fingerprint density at radius 1 is 1.35 bits per heavy atom. The molecule has 0 aromatic heterocycles. The average Bonchev–Trinajstić information content (AvgIpc) is 2.96. The maximum absolute atomic E-state index is 8.81. The number of likely N-dealkylation sites (tertiary alicyclic amines) is 1. The van der Waals surface area contributed by atoms with E-state index in [1.165, 1.54) is 5.56 Å². The number of benzene rings is 1. The number of nitriles is 1. The zero-order valence-corrected chi connectivity index (χ0v) is 9.56. The van der Waals surface area contributed by atoms with Crippen molar-refractivity contribution in [2.24, 2.45) is 0 Å². The highest BCUT2D eigenvalue weighted by atomic mass is 16.7. The van der Waals surface area contributed by atoms with Crippen molar-refractivity contribution in [1.29, 1.82) is 5.26 Å². The Kier molecular flexibility index (Phi) is 2.62. The number of fused-ring (bicyclic) bond motifs is 1. The fourth-order valence-electron chi connectivity index (χ4n) is 2.60. The summed E-state index contributed by atoms with van der Waals surface area (Å²) in [5, 5.41) is 8.81. The highest BCUT2D eigenvalue weighted by Gasteiger charge is 2.27. The minimum absolute atomic E-state index is 0.311. The molecule has 0 radical (unpaired) electrons. The summed E-state index contributed by atoms with van der Waals surface area (Å²) in [6.45, 7) is 1.82. The third kappa shape index (κ3) is 1.83. The highest BCUT2D eigenvalue weighted by Crippen LogP contribution is 2.38. The quantitative estimate of drug-likeness (QED) is 0.730.